The summed E-state index contributed by atoms with van der Waals surface area (Å²) in [5.74, 6) is -0.150. The van der Waals surface area contributed by atoms with E-state index >= 15 is 0 Å². The van der Waals surface area contributed by atoms with E-state index in [0.29, 0.717) is 22.8 Å². The molecule has 1 aliphatic rings. The maximum absolute atomic E-state index is 13.6. The number of halogens is 1. The molecule has 176 valence electrons. The Hall–Kier alpha value is -3.09. The highest BCUT2D eigenvalue weighted by atomic mass is 35.5. The highest BCUT2D eigenvalue weighted by Gasteiger charge is 2.31. The Morgan fingerprint density at radius 2 is 1.79 bits per heavy atom. The van der Waals surface area contributed by atoms with Gasteiger partial charge < -0.3 is 4.90 Å². The van der Waals surface area contributed by atoms with Gasteiger partial charge in [-0.3, -0.25) is 9.10 Å². The first-order valence-electron chi connectivity index (χ1n) is 11.2. The van der Waals surface area contributed by atoms with Gasteiger partial charge in [0.1, 0.15) is 0 Å². The minimum absolute atomic E-state index is 0.0407. The molecular formula is C27H27ClN2O3S. The maximum atomic E-state index is 13.6. The van der Waals surface area contributed by atoms with Crippen LogP contribution in [0.25, 0.3) is 0 Å². The van der Waals surface area contributed by atoms with Crippen molar-refractivity contribution in [3.8, 4) is 0 Å². The molecule has 1 unspecified atom stereocenters. The number of anilines is 1. The smallest absolute Gasteiger partial charge is 0.264 e. The standard InChI is InChI=1S/C27H27ClN2O3S/c1-2-17-30(26-16-7-6-15-25(26)28)34(32,33)24-14-8-12-22(20-24)27(31)29-18-9-13-23(29)19-21-10-4-3-5-11-21/h2-8,10-12,14-16,20,23H,1,9,13,17-19H2. The molecule has 3 aromatic carbocycles. The Labute approximate surface area is 206 Å². The Bertz CT molecular complexity index is 1280. The average Bonchev–Trinajstić information content (AvgIpc) is 3.31. The van der Waals surface area contributed by atoms with Crippen LogP contribution in [-0.4, -0.2) is 38.4 Å². The lowest BCUT2D eigenvalue weighted by Gasteiger charge is -2.26. The fraction of sp³-hybridized carbons (Fsp3) is 0.222. The van der Waals surface area contributed by atoms with Gasteiger partial charge in [-0.15, -0.1) is 6.58 Å². The zero-order valence-corrected chi connectivity index (χ0v) is 20.4. The number of rotatable bonds is 8. The normalized spacial score (nSPS) is 15.8. The summed E-state index contributed by atoms with van der Waals surface area (Å²) in [6.07, 6.45) is 4.15. The van der Waals surface area contributed by atoms with Crippen molar-refractivity contribution >= 4 is 33.2 Å². The van der Waals surface area contributed by atoms with Gasteiger partial charge in [0.2, 0.25) is 0 Å². The molecule has 0 radical (unpaired) electrons. The molecule has 3 aromatic rings. The van der Waals surface area contributed by atoms with Crippen LogP contribution >= 0.6 is 11.6 Å². The van der Waals surface area contributed by atoms with E-state index in [1.807, 2.05) is 23.1 Å². The number of amides is 1. The van der Waals surface area contributed by atoms with Crippen molar-refractivity contribution in [1.82, 2.24) is 4.90 Å². The predicted octanol–water partition coefficient (Wildman–Crippen LogP) is 5.57. The summed E-state index contributed by atoms with van der Waals surface area (Å²) >= 11 is 6.30. The van der Waals surface area contributed by atoms with Gasteiger partial charge in [0.15, 0.2) is 0 Å². The van der Waals surface area contributed by atoms with Crippen molar-refractivity contribution in [2.24, 2.45) is 0 Å². The Kier molecular flexibility index (Phi) is 7.39. The molecule has 1 fully saturated rings. The number of benzene rings is 3. The molecule has 1 heterocycles. The molecule has 5 nitrogen and oxygen atoms in total. The van der Waals surface area contributed by atoms with Gasteiger partial charge in [-0.1, -0.05) is 66.2 Å². The van der Waals surface area contributed by atoms with Crippen molar-refractivity contribution in [2.45, 2.75) is 30.2 Å². The molecule has 4 rings (SSSR count). The molecule has 34 heavy (non-hydrogen) atoms. The summed E-state index contributed by atoms with van der Waals surface area (Å²) in [6.45, 7) is 4.41. The third kappa shape index (κ3) is 5.03. The van der Waals surface area contributed by atoms with Crippen LogP contribution in [-0.2, 0) is 16.4 Å². The second-order valence-corrected chi connectivity index (χ2v) is 10.6. The maximum Gasteiger partial charge on any atom is 0.264 e. The van der Waals surface area contributed by atoms with Gasteiger partial charge in [0, 0.05) is 18.2 Å². The summed E-state index contributed by atoms with van der Waals surface area (Å²) in [4.78, 5) is 15.3. The van der Waals surface area contributed by atoms with E-state index in [0.717, 1.165) is 19.3 Å². The van der Waals surface area contributed by atoms with E-state index in [1.165, 1.54) is 28.1 Å². The summed E-state index contributed by atoms with van der Waals surface area (Å²) < 4.78 is 28.4. The highest BCUT2D eigenvalue weighted by molar-refractivity contribution is 7.92. The van der Waals surface area contributed by atoms with Crippen LogP contribution in [0.3, 0.4) is 0 Å². The number of para-hydroxylation sites is 1. The lowest BCUT2D eigenvalue weighted by atomic mass is 10.0. The van der Waals surface area contributed by atoms with Crippen LogP contribution < -0.4 is 4.31 Å². The van der Waals surface area contributed by atoms with E-state index in [1.54, 1.807) is 36.4 Å². The summed E-state index contributed by atoms with van der Waals surface area (Å²) in [5.41, 5.74) is 1.91. The molecule has 0 aliphatic carbocycles. The van der Waals surface area contributed by atoms with E-state index in [-0.39, 0.29) is 23.4 Å². The minimum Gasteiger partial charge on any atom is -0.335 e. The third-order valence-corrected chi connectivity index (χ3v) is 8.13. The van der Waals surface area contributed by atoms with Gasteiger partial charge in [0.05, 0.1) is 22.2 Å². The molecule has 0 N–H and O–H groups in total. The predicted molar refractivity (Wildman–Crippen MR) is 137 cm³/mol. The van der Waals surface area contributed by atoms with Crippen LogP contribution in [0.5, 0.6) is 0 Å². The molecular weight excluding hydrogens is 468 g/mol. The molecule has 1 aliphatic heterocycles. The fourth-order valence-corrected chi connectivity index (χ4v) is 6.17. The Balaban J connectivity index is 1.62. The lowest BCUT2D eigenvalue weighted by Crippen LogP contribution is -2.37. The first-order valence-corrected chi connectivity index (χ1v) is 13.1. The zero-order valence-electron chi connectivity index (χ0n) is 18.8. The number of hydrogen-bond donors (Lipinski definition) is 0. The van der Waals surface area contributed by atoms with Crippen LogP contribution in [0, 0.1) is 0 Å². The van der Waals surface area contributed by atoms with Crippen LogP contribution in [0.2, 0.25) is 5.02 Å². The van der Waals surface area contributed by atoms with Gasteiger partial charge in [-0.2, -0.15) is 0 Å². The average molecular weight is 495 g/mol. The summed E-state index contributed by atoms with van der Waals surface area (Å²) in [6, 6.07) is 23.2. The van der Waals surface area contributed by atoms with E-state index in [9.17, 15) is 13.2 Å². The quantitative estimate of drug-likeness (QED) is 0.385. The van der Waals surface area contributed by atoms with Crippen LogP contribution in [0.4, 0.5) is 5.69 Å². The van der Waals surface area contributed by atoms with E-state index in [2.05, 4.69) is 18.7 Å². The molecule has 0 aromatic heterocycles. The topological polar surface area (TPSA) is 57.7 Å². The second-order valence-electron chi connectivity index (χ2n) is 8.29. The molecule has 1 atom stereocenters. The number of carbonyl (C=O) groups excluding carboxylic acids is 1. The van der Waals surface area contributed by atoms with Gasteiger partial charge >= 0.3 is 0 Å². The number of nitrogens with zero attached hydrogens (tertiary/aromatic N) is 2. The summed E-state index contributed by atoms with van der Waals surface area (Å²) in [5, 5.41) is 0.320. The second kappa shape index (κ2) is 10.5. The first-order chi connectivity index (χ1) is 16.4. The molecule has 1 saturated heterocycles. The van der Waals surface area contributed by atoms with E-state index in [4.69, 9.17) is 11.6 Å². The Morgan fingerprint density at radius 3 is 2.53 bits per heavy atom. The molecule has 0 spiro atoms. The van der Waals surface area contributed by atoms with E-state index < -0.39 is 10.0 Å². The van der Waals surface area contributed by atoms with Crippen molar-refractivity contribution < 1.29 is 13.2 Å². The van der Waals surface area contributed by atoms with Gasteiger partial charge in [-0.05, 0) is 55.2 Å². The number of sulfonamides is 1. The third-order valence-electron chi connectivity index (χ3n) is 6.04. The Morgan fingerprint density at radius 1 is 1.06 bits per heavy atom. The fourth-order valence-electron chi connectivity index (χ4n) is 4.38. The minimum atomic E-state index is -3.97. The molecule has 0 saturated carbocycles. The summed E-state index contributed by atoms with van der Waals surface area (Å²) in [7, 11) is -3.97. The largest absolute Gasteiger partial charge is 0.335 e. The van der Waals surface area contributed by atoms with Crippen LogP contribution in [0.15, 0.2) is 96.4 Å². The van der Waals surface area contributed by atoms with Gasteiger partial charge in [-0.25, -0.2) is 8.42 Å². The van der Waals surface area contributed by atoms with Crippen molar-refractivity contribution in [3.63, 3.8) is 0 Å². The van der Waals surface area contributed by atoms with Crippen LogP contribution in [0.1, 0.15) is 28.8 Å². The first kappa shape index (κ1) is 24.0. The number of carbonyl (C=O) groups is 1. The monoisotopic (exact) mass is 494 g/mol. The van der Waals surface area contributed by atoms with Crippen molar-refractivity contribution in [3.05, 3.63) is 108 Å². The van der Waals surface area contributed by atoms with Crippen molar-refractivity contribution in [1.29, 1.82) is 0 Å². The molecule has 0 bridgehead atoms. The SMILES string of the molecule is C=CCN(c1ccccc1Cl)S(=O)(=O)c1cccc(C(=O)N2CCCC2Cc2ccccc2)c1. The lowest BCUT2D eigenvalue weighted by molar-refractivity contribution is 0.0736. The molecule has 7 heteroatoms. The molecule has 1 amide bonds. The zero-order chi connectivity index (χ0) is 24.1. The van der Waals surface area contributed by atoms with Gasteiger partial charge in [0.25, 0.3) is 15.9 Å². The number of hydrogen-bond acceptors (Lipinski definition) is 3. The van der Waals surface area contributed by atoms with Crippen molar-refractivity contribution in [2.75, 3.05) is 17.4 Å². The number of likely N-dealkylation sites (tertiary alicyclic amines) is 1. The highest BCUT2D eigenvalue weighted by Crippen LogP contribution is 2.31.